The number of ether oxygens (including phenoxy) is 1. The fourth-order valence-electron chi connectivity index (χ4n) is 3.59. The number of carbonyl (C=O) groups is 1. The highest BCUT2D eigenvalue weighted by Crippen LogP contribution is 2.38. The standard InChI is InChI=1S/C26H54O3Si/c1-8-9-10-11-12-13-14-15-16-17-18-19-20-21-22-23-24(25(27)28-5)29-30(6,7)26(2,3)4/h24H,8-23H2,1-7H3. The van der Waals surface area contributed by atoms with Crippen molar-refractivity contribution in [3.63, 3.8) is 0 Å². The summed E-state index contributed by atoms with van der Waals surface area (Å²) in [5.41, 5.74) is 0. The van der Waals surface area contributed by atoms with Gasteiger partial charge in [0.15, 0.2) is 8.32 Å². The molecule has 0 saturated carbocycles. The number of hydrogen-bond donors (Lipinski definition) is 0. The zero-order valence-corrected chi connectivity index (χ0v) is 22.6. The highest BCUT2D eigenvalue weighted by Gasteiger charge is 2.40. The van der Waals surface area contributed by atoms with Gasteiger partial charge in [-0.25, -0.2) is 4.79 Å². The Kier molecular flexibility index (Phi) is 17.0. The van der Waals surface area contributed by atoms with Crippen LogP contribution >= 0.6 is 0 Å². The Balaban J connectivity index is 3.75. The van der Waals surface area contributed by atoms with Crippen molar-refractivity contribution in [1.82, 2.24) is 0 Å². The second-order valence-corrected chi connectivity index (χ2v) is 15.4. The molecule has 30 heavy (non-hydrogen) atoms. The Hall–Kier alpha value is -0.353. The Labute approximate surface area is 190 Å². The molecule has 0 aromatic rings. The van der Waals surface area contributed by atoms with Crippen LogP contribution < -0.4 is 0 Å². The summed E-state index contributed by atoms with van der Waals surface area (Å²) in [6.45, 7) is 13.3. The van der Waals surface area contributed by atoms with Gasteiger partial charge in [0.1, 0.15) is 6.10 Å². The molecular formula is C26H54O3Si. The van der Waals surface area contributed by atoms with Crippen LogP contribution in [0.2, 0.25) is 18.1 Å². The Bertz CT molecular complexity index is 415. The van der Waals surface area contributed by atoms with Crippen LogP contribution in [-0.4, -0.2) is 27.5 Å². The maximum absolute atomic E-state index is 12.2. The molecule has 0 fully saturated rings. The van der Waals surface area contributed by atoms with E-state index >= 15 is 0 Å². The molecule has 180 valence electrons. The average Bonchev–Trinajstić information content (AvgIpc) is 2.68. The zero-order chi connectivity index (χ0) is 22.9. The molecule has 0 aliphatic carbocycles. The van der Waals surface area contributed by atoms with E-state index in [0.717, 1.165) is 12.8 Å². The summed E-state index contributed by atoms with van der Waals surface area (Å²) in [7, 11) is -0.488. The number of rotatable bonds is 19. The highest BCUT2D eigenvalue weighted by atomic mass is 28.4. The molecule has 0 radical (unpaired) electrons. The number of unbranched alkanes of at least 4 members (excludes halogenated alkanes) is 14. The second-order valence-electron chi connectivity index (χ2n) is 10.6. The van der Waals surface area contributed by atoms with Crippen LogP contribution in [0.1, 0.15) is 130 Å². The van der Waals surface area contributed by atoms with Gasteiger partial charge in [-0.15, -0.1) is 0 Å². The van der Waals surface area contributed by atoms with Crippen molar-refractivity contribution in [3.05, 3.63) is 0 Å². The molecule has 1 atom stereocenters. The first kappa shape index (κ1) is 29.6. The number of methoxy groups -OCH3 is 1. The van der Waals surface area contributed by atoms with Crippen LogP contribution in [-0.2, 0) is 14.0 Å². The summed E-state index contributed by atoms with van der Waals surface area (Å²) >= 11 is 0. The first-order chi connectivity index (χ1) is 14.2. The molecule has 0 rings (SSSR count). The zero-order valence-electron chi connectivity index (χ0n) is 21.6. The quantitative estimate of drug-likeness (QED) is 0.114. The predicted octanol–water partition coefficient (Wildman–Crippen LogP) is 8.81. The third kappa shape index (κ3) is 14.6. The smallest absolute Gasteiger partial charge is 0.333 e. The van der Waals surface area contributed by atoms with E-state index in [1.54, 1.807) is 0 Å². The second kappa shape index (κ2) is 17.2. The van der Waals surface area contributed by atoms with Crippen molar-refractivity contribution in [2.75, 3.05) is 7.11 Å². The molecule has 1 unspecified atom stereocenters. The van der Waals surface area contributed by atoms with E-state index in [1.807, 2.05) is 0 Å². The van der Waals surface area contributed by atoms with Crippen molar-refractivity contribution >= 4 is 14.3 Å². The number of carbonyl (C=O) groups excluding carboxylic acids is 1. The predicted molar refractivity (Wildman–Crippen MR) is 134 cm³/mol. The van der Waals surface area contributed by atoms with Crippen LogP contribution in [0.5, 0.6) is 0 Å². The van der Waals surface area contributed by atoms with Crippen molar-refractivity contribution in [1.29, 1.82) is 0 Å². The molecule has 0 aliphatic rings. The van der Waals surface area contributed by atoms with Gasteiger partial charge < -0.3 is 9.16 Å². The highest BCUT2D eigenvalue weighted by molar-refractivity contribution is 6.74. The van der Waals surface area contributed by atoms with E-state index in [-0.39, 0.29) is 11.0 Å². The largest absolute Gasteiger partial charge is 0.467 e. The maximum Gasteiger partial charge on any atom is 0.333 e. The van der Waals surface area contributed by atoms with Gasteiger partial charge in [-0.3, -0.25) is 0 Å². The van der Waals surface area contributed by atoms with Crippen LogP contribution in [0, 0.1) is 0 Å². The van der Waals surface area contributed by atoms with Gasteiger partial charge in [0.05, 0.1) is 7.11 Å². The lowest BCUT2D eigenvalue weighted by atomic mass is 10.0. The summed E-state index contributed by atoms with van der Waals surface area (Å²) in [6.07, 6.45) is 20.7. The topological polar surface area (TPSA) is 35.5 Å². The number of hydrogen-bond acceptors (Lipinski definition) is 3. The summed E-state index contributed by atoms with van der Waals surface area (Å²) in [4.78, 5) is 12.2. The minimum absolute atomic E-state index is 0.105. The van der Waals surface area contributed by atoms with Gasteiger partial charge in [-0.2, -0.15) is 0 Å². The summed E-state index contributed by atoms with van der Waals surface area (Å²) in [6, 6.07) is 0. The van der Waals surface area contributed by atoms with Crippen molar-refractivity contribution < 1.29 is 14.0 Å². The molecule has 3 nitrogen and oxygen atoms in total. The van der Waals surface area contributed by atoms with E-state index in [1.165, 1.54) is 97.0 Å². The maximum atomic E-state index is 12.2. The van der Waals surface area contributed by atoms with Crippen LogP contribution in [0.4, 0.5) is 0 Å². The van der Waals surface area contributed by atoms with E-state index < -0.39 is 14.4 Å². The lowest BCUT2D eigenvalue weighted by molar-refractivity contribution is -0.149. The first-order valence-corrected chi connectivity index (χ1v) is 15.8. The van der Waals surface area contributed by atoms with E-state index in [2.05, 4.69) is 40.8 Å². The Morgan fingerprint density at radius 3 is 1.43 bits per heavy atom. The molecule has 0 spiro atoms. The monoisotopic (exact) mass is 442 g/mol. The minimum atomic E-state index is -1.96. The van der Waals surface area contributed by atoms with Crippen molar-refractivity contribution in [2.45, 2.75) is 155 Å². The summed E-state index contributed by atoms with van der Waals surface area (Å²) in [5.74, 6) is -0.204. The lowest BCUT2D eigenvalue weighted by Gasteiger charge is -2.38. The van der Waals surface area contributed by atoms with Gasteiger partial charge in [-0.05, 0) is 24.6 Å². The van der Waals surface area contributed by atoms with Gasteiger partial charge in [0.2, 0.25) is 0 Å². The minimum Gasteiger partial charge on any atom is -0.467 e. The molecule has 0 aromatic carbocycles. The Morgan fingerprint density at radius 1 is 0.733 bits per heavy atom. The third-order valence-electron chi connectivity index (χ3n) is 6.78. The SMILES string of the molecule is CCCCCCCCCCCCCCCCCC(O[Si](C)(C)C(C)(C)C)C(=O)OC. The summed E-state index contributed by atoms with van der Waals surface area (Å²) in [5, 5.41) is 0.105. The first-order valence-electron chi connectivity index (χ1n) is 12.9. The fourth-order valence-corrected chi connectivity index (χ4v) is 4.87. The molecule has 0 aromatic heterocycles. The molecular weight excluding hydrogens is 388 g/mol. The molecule has 4 heteroatoms. The molecule has 0 heterocycles. The molecule has 0 aliphatic heterocycles. The molecule has 0 N–H and O–H groups in total. The van der Waals surface area contributed by atoms with Gasteiger partial charge in [0, 0.05) is 0 Å². The van der Waals surface area contributed by atoms with E-state index in [4.69, 9.17) is 9.16 Å². The average molecular weight is 443 g/mol. The fraction of sp³-hybridized carbons (Fsp3) is 0.962. The van der Waals surface area contributed by atoms with E-state index in [0.29, 0.717) is 0 Å². The Morgan fingerprint density at radius 2 is 1.10 bits per heavy atom. The van der Waals surface area contributed by atoms with Gasteiger partial charge >= 0.3 is 5.97 Å². The number of esters is 1. The molecule has 0 bridgehead atoms. The van der Waals surface area contributed by atoms with Crippen molar-refractivity contribution in [3.8, 4) is 0 Å². The van der Waals surface area contributed by atoms with Crippen molar-refractivity contribution in [2.24, 2.45) is 0 Å². The third-order valence-corrected chi connectivity index (χ3v) is 11.3. The normalized spacial score (nSPS) is 13.4. The van der Waals surface area contributed by atoms with Crippen LogP contribution in [0.3, 0.4) is 0 Å². The van der Waals surface area contributed by atoms with Gasteiger partial charge in [-0.1, -0.05) is 124 Å². The summed E-state index contributed by atoms with van der Waals surface area (Å²) < 4.78 is 11.3. The van der Waals surface area contributed by atoms with Gasteiger partial charge in [0.25, 0.3) is 0 Å². The lowest BCUT2D eigenvalue weighted by Crippen LogP contribution is -2.46. The van der Waals surface area contributed by atoms with E-state index in [9.17, 15) is 4.79 Å². The van der Waals surface area contributed by atoms with Crippen LogP contribution in [0.15, 0.2) is 0 Å². The molecule has 0 amide bonds. The van der Waals surface area contributed by atoms with Crippen LogP contribution in [0.25, 0.3) is 0 Å². The molecule has 0 saturated heterocycles.